The molecule has 0 bridgehead atoms. The number of thioether (sulfide) groups is 1. The topological polar surface area (TPSA) is 120 Å². The van der Waals surface area contributed by atoms with Crippen LogP contribution in [-0.4, -0.2) is 74.5 Å². The van der Waals surface area contributed by atoms with Crippen molar-refractivity contribution in [3.63, 3.8) is 0 Å². The monoisotopic (exact) mass is 573 g/mol. The number of amides is 1. The Hall–Kier alpha value is -3.03. The van der Waals surface area contributed by atoms with Crippen LogP contribution in [0.2, 0.25) is 5.02 Å². The molecule has 4 heterocycles. The Morgan fingerprint density at radius 2 is 2.05 bits per heavy atom. The molecule has 4 aromatic rings. The van der Waals surface area contributed by atoms with Crippen LogP contribution in [0.3, 0.4) is 0 Å². The Kier molecular flexibility index (Phi) is 7.96. The zero-order valence-corrected chi connectivity index (χ0v) is 23.0. The zero-order valence-electron chi connectivity index (χ0n) is 20.6. The van der Waals surface area contributed by atoms with E-state index in [-0.39, 0.29) is 38.7 Å². The first kappa shape index (κ1) is 26.6. The van der Waals surface area contributed by atoms with Crippen molar-refractivity contribution in [2.24, 2.45) is 0 Å². The average molecular weight is 574 g/mol. The van der Waals surface area contributed by atoms with Crippen LogP contribution in [-0.2, 0) is 16.0 Å². The van der Waals surface area contributed by atoms with Crippen molar-refractivity contribution in [3.05, 3.63) is 56.2 Å². The van der Waals surface area contributed by atoms with E-state index in [1.54, 1.807) is 35.7 Å². The number of aryl methyl sites for hydroxylation is 1. The molecule has 5 rings (SSSR count). The Bertz CT molecular complexity index is 1550. The zero-order chi connectivity index (χ0) is 26.8. The molecule has 3 aromatic heterocycles. The van der Waals surface area contributed by atoms with Gasteiger partial charge < -0.3 is 14.6 Å². The van der Waals surface area contributed by atoms with Gasteiger partial charge in [-0.3, -0.25) is 14.3 Å². The number of hydrogen-bond acceptors (Lipinski definition) is 9. The molecule has 38 heavy (non-hydrogen) atoms. The summed E-state index contributed by atoms with van der Waals surface area (Å²) in [5, 5.41) is 14.3. The summed E-state index contributed by atoms with van der Waals surface area (Å²) in [4.78, 5) is 40.6. The third kappa shape index (κ3) is 5.40. The largest absolute Gasteiger partial charge is 0.465 e. The molecule has 0 aliphatic carbocycles. The molecule has 198 valence electrons. The molecule has 0 unspecified atom stereocenters. The molecule has 13 heteroatoms. The molecule has 0 radical (unpaired) electrons. The lowest BCUT2D eigenvalue weighted by molar-refractivity contribution is -0.131. The maximum absolute atomic E-state index is 13.9. The van der Waals surface area contributed by atoms with Crippen LogP contribution in [0, 0.1) is 6.92 Å². The summed E-state index contributed by atoms with van der Waals surface area (Å²) >= 11 is 9.60. The van der Waals surface area contributed by atoms with Gasteiger partial charge in [-0.05, 0) is 25.3 Å². The van der Waals surface area contributed by atoms with Gasteiger partial charge in [0.2, 0.25) is 0 Å². The second-order valence-electron chi connectivity index (χ2n) is 8.59. The van der Waals surface area contributed by atoms with Crippen LogP contribution < -0.4 is 5.56 Å². The Balaban J connectivity index is 1.57. The van der Waals surface area contributed by atoms with Gasteiger partial charge in [0, 0.05) is 51.8 Å². The highest BCUT2D eigenvalue weighted by molar-refractivity contribution is 7.98. The molecule has 0 saturated carbocycles. The van der Waals surface area contributed by atoms with Crippen LogP contribution in [0.5, 0.6) is 0 Å². The van der Waals surface area contributed by atoms with Crippen molar-refractivity contribution < 1.29 is 19.4 Å². The van der Waals surface area contributed by atoms with Crippen LogP contribution in [0.1, 0.15) is 5.01 Å². The van der Waals surface area contributed by atoms with E-state index in [0.29, 0.717) is 32.3 Å². The highest BCUT2D eigenvalue weighted by atomic mass is 35.5. The van der Waals surface area contributed by atoms with Crippen molar-refractivity contribution in [3.8, 4) is 22.4 Å². The van der Waals surface area contributed by atoms with E-state index in [2.05, 4.69) is 15.0 Å². The second-order valence-corrected chi connectivity index (χ2v) is 10.8. The summed E-state index contributed by atoms with van der Waals surface area (Å²) in [6.07, 6.45) is 2.39. The van der Waals surface area contributed by atoms with Gasteiger partial charge in [-0.15, -0.1) is 11.3 Å². The maximum atomic E-state index is 13.9. The minimum Gasteiger partial charge on any atom is -0.465 e. The van der Waals surface area contributed by atoms with Gasteiger partial charge in [-0.2, -0.15) is 0 Å². The number of nitrogens with zero attached hydrogens (tertiary/aromatic N) is 5. The molecule has 1 aliphatic heterocycles. The predicted molar refractivity (Wildman–Crippen MR) is 147 cm³/mol. The molecule has 1 N–H and O–H groups in total. The van der Waals surface area contributed by atoms with Gasteiger partial charge in [-0.25, -0.2) is 19.7 Å². The van der Waals surface area contributed by atoms with E-state index >= 15 is 0 Å². The standard InChI is InChI=1S/C25H24ClN5O5S2/c1-14-28-21(12-38-14)15-3-4-18(20(26)8-15)19-7-16-9-27-24(37-2)29-22(16)31(23(19)32)6-5-30(25(33)34)17-10-35-13-36-11-17/h3-4,7-9,12,17H,5-6,10-11,13H2,1-2H3,(H,33,34). The number of aromatic nitrogens is 4. The number of fused-ring (bicyclic) bond motifs is 1. The van der Waals surface area contributed by atoms with Gasteiger partial charge in [0.15, 0.2) is 5.16 Å². The number of carboxylic acid groups (broad SMARTS) is 1. The number of pyridine rings is 1. The molecule has 10 nitrogen and oxygen atoms in total. The number of rotatable bonds is 7. The lowest BCUT2D eigenvalue weighted by Gasteiger charge is -2.32. The fourth-order valence-corrected chi connectivity index (χ4v) is 5.57. The molecule has 1 fully saturated rings. The molecule has 1 aliphatic rings. The van der Waals surface area contributed by atoms with Gasteiger partial charge in [-0.1, -0.05) is 35.5 Å². The third-order valence-electron chi connectivity index (χ3n) is 6.20. The summed E-state index contributed by atoms with van der Waals surface area (Å²) in [6, 6.07) is 6.73. The smallest absolute Gasteiger partial charge is 0.407 e. The van der Waals surface area contributed by atoms with E-state index in [1.807, 2.05) is 24.6 Å². The molecule has 1 aromatic carbocycles. The molecule has 1 amide bonds. The number of halogens is 1. The van der Waals surface area contributed by atoms with Crippen molar-refractivity contribution in [1.29, 1.82) is 0 Å². The van der Waals surface area contributed by atoms with E-state index in [1.165, 1.54) is 21.2 Å². The van der Waals surface area contributed by atoms with Gasteiger partial charge in [0.05, 0.1) is 30.0 Å². The van der Waals surface area contributed by atoms with Crippen molar-refractivity contribution >= 4 is 51.8 Å². The normalized spacial score (nSPS) is 14.2. The first-order valence-corrected chi connectivity index (χ1v) is 14.2. The van der Waals surface area contributed by atoms with Crippen molar-refractivity contribution in [2.45, 2.75) is 24.7 Å². The number of benzene rings is 1. The first-order chi connectivity index (χ1) is 18.4. The lowest BCUT2D eigenvalue weighted by Crippen LogP contribution is -2.49. The summed E-state index contributed by atoms with van der Waals surface area (Å²) in [5.74, 6) is 0. The average Bonchev–Trinajstić information content (AvgIpc) is 3.36. The molecule has 0 spiro atoms. The number of hydrogen-bond donors (Lipinski definition) is 1. The van der Waals surface area contributed by atoms with Crippen LogP contribution in [0.4, 0.5) is 4.79 Å². The summed E-state index contributed by atoms with van der Waals surface area (Å²) in [6.45, 7) is 2.63. The van der Waals surface area contributed by atoms with E-state index < -0.39 is 12.1 Å². The molecule has 1 saturated heterocycles. The first-order valence-electron chi connectivity index (χ1n) is 11.7. The quantitative estimate of drug-likeness (QED) is 0.249. The Morgan fingerprint density at radius 1 is 1.26 bits per heavy atom. The number of ether oxygens (including phenoxy) is 2. The van der Waals surface area contributed by atoms with Gasteiger partial charge >= 0.3 is 6.09 Å². The Morgan fingerprint density at radius 3 is 2.71 bits per heavy atom. The minimum atomic E-state index is -1.12. The van der Waals surface area contributed by atoms with E-state index in [0.717, 1.165) is 16.3 Å². The van der Waals surface area contributed by atoms with Crippen LogP contribution >= 0.6 is 34.7 Å². The predicted octanol–water partition coefficient (Wildman–Crippen LogP) is 4.62. The lowest BCUT2D eigenvalue weighted by atomic mass is 10.0. The van der Waals surface area contributed by atoms with Crippen LogP contribution in [0.25, 0.3) is 33.4 Å². The number of carbonyl (C=O) groups is 1. The highest BCUT2D eigenvalue weighted by Gasteiger charge is 2.27. The van der Waals surface area contributed by atoms with Crippen molar-refractivity contribution in [1.82, 2.24) is 24.4 Å². The molecule has 0 atom stereocenters. The second kappa shape index (κ2) is 11.4. The summed E-state index contributed by atoms with van der Waals surface area (Å²) in [7, 11) is 0. The third-order valence-corrected chi connectivity index (χ3v) is 7.85. The fourth-order valence-electron chi connectivity index (χ4n) is 4.33. The minimum absolute atomic E-state index is 0.0413. The summed E-state index contributed by atoms with van der Waals surface area (Å²) in [5.41, 5.74) is 2.69. The van der Waals surface area contributed by atoms with E-state index in [9.17, 15) is 14.7 Å². The van der Waals surface area contributed by atoms with E-state index in [4.69, 9.17) is 21.1 Å². The van der Waals surface area contributed by atoms with Gasteiger partial charge in [0.25, 0.3) is 5.56 Å². The number of thiazole rings is 1. The maximum Gasteiger partial charge on any atom is 0.407 e. The molecular weight excluding hydrogens is 550 g/mol. The molecular formula is C25H24ClN5O5S2. The van der Waals surface area contributed by atoms with Gasteiger partial charge in [0.1, 0.15) is 12.4 Å². The van der Waals surface area contributed by atoms with Crippen molar-refractivity contribution in [2.75, 3.05) is 32.8 Å². The Labute approximate surface area is 231 Å². The van der Waals surface area contributed by atoms with Crippen LogP contribution in [0.15, 0.2) is 45.8 Å². The fraction of sp³-hybridized carbons (Fsp3) is 0.320. The summed E-state index contributed by atoms with van der Waals surface area (Å²) < 4.78 is 12.1. The highest BCUT2D eigenvalue weighted by Crippen LogP contribution is 2.32. The SMILES string of the molecule is CSc1ncc2cc(-c3ccc(-c4csc(C)n4)cc3Cl)c(=O)n(CCN(C(=O)O)C3COCOC3)c2n1.